The summed E-state index contributed by atoms with van der Waals surface area (Å²) in [7, 11) is 0. The second-order valence-electron chi connectivity index (χ2n) is 5.19. The fourth-order valence-electron chi connectivity index (χ4n) is 2.70. The maximum atomic E-state index is 11.4. The predicted octanol–water partition coefficient (Wildman–Crippen LogP) is 3.70. The van der Waals surface area contributed by atoms with Gasteiger partial charge in [0, 0.05) is 0 Å². The van der Waals surface area contributed by atoms with Gasteiger partial charge in [0.15, 0.2) is 0 Å². The Labute approximate surface area is 119 Å². The van der Waals surface area contributed by atoms with Crippen LogP contribution in [0, 0.1) is 11.3 Å². The number of rotatable bonds is 4. The lowest BCUT2D eigenvalue weighted by molar-refractivity contribution is -0.149. The van der Waals surface area contributed by atoms with Crippen molar-refractivity contribution < 1.29 is 9.53 Å². The lowest BCUT2D eigenvalue weighted by Crippen LogP contribution is -2.23. The van der Waals surface area contributed by atoms with Gasteiger partial charge >= 0.3 is 5.97 Å². The molecule has 1 aliphatic carbocycles. The Morgan fingerprint density at radius 2 is 1.95 bits per heavy atom. The highest BCUT2D eigenvalue weighted by molar-refractivity contribution is 5.71. The number of esters is 1. The molecule has 0 saturated heterocycles. The summed E-state index contributed by atoms with van der Waals surface area (Å²) in [6.07, 6.45) is 5.79. The van der Waals surface area contributed by atoms with Crippen LogP contribution in [-0.4, -0.2) is 12.1 Å². The number of hydrogen-bond donors (Lipinski definition) is 0. The third-order valence-corrected chi connectivity index (χ3v) is 3.79. The van der Waals surface area contributed by atoms with E-state index in [1.165, 1.54) is 5.56 Å². The van der Waals surface area contributed by atoms with Crippen molar-refractivity contribution in [2.75, 3.05) is 0 Å². The molecule has 104 valence electrons. The summed E-state index contributed by atoms with van der Waals surface area (Å²) in [5.74, 6) is 0.332. The van der Waals surface area contributed by atoms with Gasteiger partial charge in [-0.2, -0.15) is 5.26 Å². The van der Waals surface area contributed by atoms with E-state index in [-0.39, 0.29) is 18.5 Å². The second-order valence-corrected chi connectivity index (χ2v) is 5.19. The van der Waals surface area contributed by atoms with E-state index in [1.807, 2.05) is 24.3 Å². The molecule has 1 saturated carbocycles. The number of carbonyl (C=O) groups excluding carboxylic acids is 1. The quantitative estimate of drug-likeness (QED) is 0.618. The second kappa shape index (κ2) is 6.91. The van der Waals surface area contributed by atoms with E-state index in [2.05, 4.69) is 12.6 Å². The van der Waals surface area contributed by atoms with Crippen LogP contribution in [0.4, 0.5) is 0 Å². The Hall–Kier alpha value is -2.08. The maximum Gasteiger partial charge on any atom is 0.309 e. The lowest BCUT2D eigenvalue weighted by Gasteiger charge is -2.28. The third kappa shape index (κ3) is 3.71. The normalized spacial score (nSPS) is 21.8. The van der Waals surface area contributed by atoms with Gasteiger partial charge in [-0.3, -0.25) is 4.79 Å². The van der Waals surface area contributed by atoms with Crippen LogP contribution in [0.25, 0.3) is 0 Å². The van der Waals surface area contributed by atoms with E-state index in [1.54, 1.807) is 6.08 Å². The molecule has 0 atom stereocenters. The van der Waals surface area contributed by atoms with E-state index in [9.17, 15) is 4.79 Å². The van der Waals surface area contributed by atoms with Crippen molar-refractivity contribution in [3.8, 4) is 6.07 Å². The zero-order chi connectivity index (χ0) is 14.4. The summed E-state index contributed by atoms with van der Waals surface area (Å²) >= 11 is 0. The summed E-state index contributed by atoms with van der Waals surface area (Å²) in [4.78, 5) is 11.4. The van der Waals surface area contributed by atoms with Crippen LogP contribution < -0.4 is 0 Å². The summed E-state index contributed by atoms with van der Waals surface area (Å²) in [6.45, 7) is 3.54. The van der Waals surface area contributed by atoms with Gasteiger partial charge in [0.1, 0.15) is 6.10 Å². The Morgan fingerprint density at radius 3 is 2.50 bits per heavy atom. The molecular formula is C17H19NO2. The standard InChI is InChI=1S/C17H19NO2/c1-2-3-17(19)20-16-10-8-15(9-11-16)14-6-4-13(12-18)5-7-14/h2,4-7,15-16H,1,3,8-11H2. The van der Waals surface area contributed by atoms with Crippen molar-refractivity contribution in [1.82, 2.24) is 0 Å². The van der Waals surface area contributed by atoms with Crippen LogP contribution in [0.3, 0.4) is 0 Å². The van der Waals surface area contributed by atoms with E-state index in [4.69, 9.17) is 10.00 Å². The number of carbonyl (C=O) groups is 1. The Morgan fingerprint density at radius 1 is 1.30 bits per heavy atom. The van der Waals surface area contributed by atoms with Crippen molar-refractivity contribution in [2.24, 2.45) is 0 Å². The topological polar surface area (TPSA) is 50.1 Å². The Bertz CT molecular complexity index is 505. The molecule has 3 heteroatoms. The monoisotopic (exact) mass is 269 g/mol. The van der Waals surface area contributed by atoms with Crippen LogP contribution in [-0.2, 0) is 9.53 Å². The smallest absolute Gasteiger partial charge is 0.309 e. The van der Waals surface area contributed by atoms with Crippen molar-refractivity contribution in [3.63, 3.8) is 0 Å². The molecule has 0 spiro atoms. The largest absolute Gasteiger partial charge is 0.462 e. The molecule has 1 aromatic carbocycles. The molecule has 1 aromatic rings. The molecule has 0 N–H and O–H groups in total. The molecule has 0 heterocycles. The molecule has 2 rings (SSSR count). The molecule has 0 radical (unpaired) electrons. The van der Waals surface area contributed by atoms with Gasteiger partial charge in [0.05, 0.1) is 18.1 Å². The summed E-state index contributed by atoms with van der Waals surface area (Å²) in [5, 5.41) is 8.80. The molecule has 1 fully saturated rings. The van der Waals surface area contributed by atoms with Crippen LogP contribution in [0.15, 0.2) is 36.9 Å². The predicted molar refractivity (Wildman–Crippen MR) is 77.1 cm³/mol. The SMILES string of the molecule is C=CCC(=O)OC1CCC(c2ccc(C#N)cc2)CC1. The van der Waals surface area contributed by atoms with E-state index < -0.39 is 0 Å². The van der Waals surface area contributed by atoms with Crippen molar-refractivity contribution in [1.29, 1.82) is 5.26 Å². The average Bonchev–Trinajstić information content (AvgIpc) is 2.48. The third-order valence-electron chi connectivity index (χ3n) is 3.79. The van der Waals surface area contributed by atoms with Gasteiger partial charge in [0.2, 0.25) is 0 Å². The summed E-state index contributed by atoms with van der Waals surface area (Å²) < 4.78 is 5.40. The van der Waals surface area contributed by atoms with Crippen LogP contribution >= 0.6 is 0 Å². The Balaban J connectivity index is 1.86. The first kappa shape index (κ1) is 14.3. The number of hydrogen-bond acceptors (Lipinski definition) is 3. The molecule has 0 unspecified atom stereocenters. The fourth-order valence-corrected chi connectivity index (χ4v) is 2.70. The van der Waals surface area contributed by atoms with E-state index >= 15 is 0 Å². The van der Waals surface area contributed by atoms with Crippen LogP contribution in [0.2, 0.25) is 0 Å². The highest BCUT2D eigenvalue weighted by Gasteiger charge is 2.24. The number of benzene rings is 1. The number of nitriles is 1. The van der Waals surface area contributed by atoms with Gasteiger partial charge < -0.3 is 4.74 Å². The minimum atomic E-state index is -0.179. The molecule has 0 bridgehead atoms. The Kier molecular flexibility index (Phi) is 4.95. The maximum absolute atomic E-state index is 11.4. The van der Waals surface area contributed by atoms with E-state index in [0.717, 1.165) is 25.7 Å². The first-order valence-electron chi connectivity index (χ1n) is 7.03. The molecule has 20 heavy (non-hydrogen) atoms. The van der Waals surface area contributed by atoms with Crippen molar-refractivity contribution in [2.45, 2.75) is 44.1 Å². The molecule has 1 aliphatic rings. The minimum Gasteiger partial charge on any atom is -0.462 e. The van der Waals surface area contributed by atoms with Crippen LogP contribution in [0.1, 0.15) is 49.1 Å². The average molecular weight is 269 g/mol. The molecule has 0 amide bonds. The van der Waals surface area contributed by atoms with Gasteiger partial charge in [-0.1, -0.05) is 18.2 Å². The van der Waals surface area contributed by atoms with Crippen LogP contribution in [0.5, 0.6) is 0 Å². The summed E-state index contributed by atoms with van der Waals surface area (Å²) in [5.41, 5.74) is 1.97. The number of ether oxygens (including phenoxy) is 1. The van der Waals surface area contributed by atoms with E-state index in [0.29, 0.717) is 11.5 Å². The zero-order valence-corrected chi connectivity index (χ0v) is 11.5. The molecule has 0 aliphatic heterocycles. The molecular weight excluding hydrogens is 250 g/mol. The van der Waals surface area contributed by atoms with Gasteiger partial charge in [0.25, 0.3) is 0 Å². The highest BCUT2D eigenvalue weighted by atomic mass is 16.5. The first-order chi connectivity index (χ1) is 9.72. The fraction of sp³-hybridized carbons (Fsp3) is 0.412. The number of nitrogens with zero attached hydrogens (tertiary/aromatic N) is 1. The first-order valence-corrected chi connectivity index (χ1v) is 7.03. The molecule has 0 aromatic heterocycles. The van der Waals surface area contributed by atoms with Gasteiger partial charge in [-0.05, 0) is 49.3 Å². The minimum absolute atomic E-state index is 0.0529. The van der Waals surface area contributed by atoms with Gasteiger partial charge in [-0.15, -0.1) is 6.58 Å². The van der Waals surface area contributed by atoms with Crippen molar-refractivity contribution >= 4 is 5.97 Å². The zero-order valence-electron chi connectivity index (χ0n) is 11.5. The highest BCUT2D eigenvalue weighted by Crippen LogP contribution is 2.34. The van der Waals surface area contributed by atoms with Crippen molar-refractivity contribution in [3.05, 3.63) is 48.0 Å². The lowest BCUT2D eigenvalue weighted by atomic mass is 9.82. The van der Waals surface area contributed by atoms with Gasteiger partial charge in [-0.25, -0.2) is 0 Å². The molecule has 3 nitrogen and oxygen atoms in total. The summed E-state index contributed by atoms with van der Waals surface area (Å²) in [6, 6.07) is 9.94.